The van der Waals surface area contributed by atoms with Gasteiger partial charge in [0.05, 0.1) is 19.3 Å². The number of nitrogens with one attached hydrogen (secondary N) is 1. The largest absolute Gasteiger partial charge is 0.481 e. The van der Waals surface area contributed by atoms with Crippen LogP contribution in [0.3, 0.4) is 0 Å². The van der Waals surface area contributed by atoms with Crippen molar-refractivity contribution in [2.45, 2.75) is 57.6 Å². The van der Waals surface area contributed by atoms with Crippen molar-refractivity contribution in [2.24, 2.45) is 5.92 Å². The molecule has 2 heterocycles. The molecule has 2 aliphatic rings. The summed E-state index contributed by atoms with van der Waals surface area (Å²) in [6.07, 6.45) is 7.75. The molecule has 6 heteroatoms. The molecule has 0 saturated heterocycles. The minimum absolute atomic E-state index is 0.0397. The van der Waals surface area contributed by atoms with Gasteiger partial charge in [0.25, 0.3) is 0 Å². The summed E-state index contributed by atoms with van der Waals surface area (Å²) in [5, 5.41) is 13.3. The molecular formula is C20H26N4O2. The van der Waals surface area contributed by atoms with Gasteiger partial charge in [0.2, 0.25) is 11.8 Å². The molecule has 0 spiro atoms. The number of ether oxygens (including phenoxy) is 1. The van der Waals surface area contributed by atoms with Crippen molar-refractivity contribution in [3.63, 3.8) is 0 Å². The number of aliphatic hydroxyl groups is 1. The number of pyridine rings is 1. The maximum Gasteiger partial charge on any atom is 0.223 e. The van der Waals surface area contributed by atoms with E-state index in [0.717, 1.165) is 36.9 Å². The van der Waals surface area contributed by atoms with Crippen molar-refractivity contribution in [1.82, 2.24) is 15.0 Å². The highest BCUT2D eigenvalue weighted by Gasteiger charge is 2.35. The molecule has 138 valence electrons. The summed E-state index contributed by atoms with van der Waals surface area (Å²) >= 11 is 0. The lowest BCUT2D eigenvalue weighted by molar-refractivity contribution is 0.0338. The van der Waals surface area contributed by atoms with Crippen LogP contribution in [-0.4, -0.2) is 33.3 Å². The second-order valence-corrected chi connectivity index (χ2v) is 7.41. The van der Waals surface area contributed by atoms with Gasteiger partial charge in [0, 0.05) is 23.7 Å². The van der Waals surface area contributed by atoms with E-state index in [-0.39, 0.29) is 12.1 Å². The van der Waals surface area contributed by atoms with Gasteiger partial charge in [-0.1, -0.05) is 6.07 Å². The third-order valence-corrected chi connectivity index (χ3v) is 5.62. The molecular weight excluding hydrogens is 328 g/mol. The van der Waals surface area contributed by atoms with Gasteiger partial charge in [0.15, 0.2) is 0 Å². The van der Waals surface area contributed by atoms with Crippen molar-refractivity contribution >= 4 is 5.95 Å². The maximum absolute atomic E-state index is 9.77. The first kappa shape index (κ1) is 17.2. The molecule has 0 aliphatic heterocycles. The third kappa shape index (κ3) is 3.38. The summed E-state index contributed by atoms with van der Waals surface area (Å²) in [4.78, 5) is 13.9. The summed E-state index contributed by atoms with van der Waals surface area (Å²) in [5.74, 6) is 1.63. The first-order valence-electron chi connectivity index (χ1n) is 9.45. The molecule has 6 nitrogen and oxygen atoms in total. The van der Waals surface area contributed by atoms with E-state index in [4.69, 9.17) is 14.7 Å². The number of aromatic nitrogens is 3. The Morgan fingerprint density at radius 1 is 1.19 bits per heavy atom. The van der Waals surface area contributed by atoms with Gasteiger partial charge in [-0.15, -0.1) is 0 Å². The lowest BCUT2D eigenvalue weighted by Gasteiger charge is -2.38. The molecule has 2 N–H and O–H groups in total. The highest BCUT2D eigenvalue weighted by Crippen LogP contribution is 2.40. The standard InChI is InChI=1S/C20H26N4O2/c1-12-16-5-3-4-6-17(16)23-20(22-12)24-19(14-9-15(25)10-14)13-7-8-18(26-2)21-11-13/h7-8,11,14-15,19,25H,3-6,9-10H2,1-2H3,(H,22,23,24)/t14?,15?,19-/m0/s1. The second kappa shape index (κ2) is 7.19. The quantitative estimate of drug-likeness (QED) is 0.859. The fraction of sp³-hybridized carbons (Fsp3) is 0.550. The van der Waals surface area contributed by atoms with Crippen molar-refractivity contribution in [1.29, 1.82) is 0 Å². The molecule has 1 atom stereocenters. The van der Waals surface area contributed by atoms with E-state index in [1.807, 2.05) is 18.3 Å². The Kier molecular flexibility index (Phi) is 4.76. The van der Waals surface area contributed by atoms with Crippen LogP contribution < -0.4 is 10.1 Å². The summed E-state index contributed by atoms with van der Waals surface area (Å²) in [5.41, 5.74) is 4.66. The number of methoxy groups -OCH3 is 1. The number of nitrogens with zero attached hydrogens (tertiary/aromatic N) is 3. The minimum atomic E-state index is -0.207. The lowest BCUT2D eigenvalue weighted by Crippen LogP contribution is -2.36. The average molecular weight is 354 g/mol. The van der Waals surface area contributed by atoms with Gasteiger partial charge in [-0.25, -0.2) is 15.0 Å². The van der Waals surface area contributed by atoms with Crippen LogP contribution in [0, 0.1) is 12.8 Å². The first-order valence-corrected chi connectivity index (χ1v) is 9.45. The van der Waals surface area contributed by atoms with Crippen LogP contribution in [0.4, 0.5) is 5.95 Å². The van der Waals surface area contributed by atoms with E-state index < -0.39 is 0 Å². The van der Waals surface area contributed by atoms with Gasteiger partial charge in [-0.3, -0.25) is 0 Å². The van der Waals surface area contributed by atoms with Gasteiger partial charge in [0.1, 0.15) is 0 Å². The normalized spacial score (nSPS) is 22.9. The van der Waals surface area contributed by atoms with Crippen LogP contribution in [-0.2, 0) is 12.8 Å². The second-order valence-electron chi connectivity index (χ2n) is 7.41. The van der Waals surface area contributed by atoms with Gasteiger partial charge in [-0.05, 0) is 62.5 Å². The Bertz CT molecular complexity index is 772. The zero-order valence-corrected chi connectivity index (χ0v) is 15.4. The molecule has 0 radical (unpaired) electrons. The Labute approximate surface area is 154 Å². The average Bonchev–Trinajstić information content (AvgIpc) is 2.64. The summed E-state index contributed by atoms with van der Waals surface area (Å²) in [7, 11) is 1.61. The predicted octanol–water partition coefficient (Wildman–Crippen LogP) is 2.99. The van der Waals surface area contributed by atoms with E-state index in [0.29, 0.717) is 17.7 Å². The van der Waals surface area contributed by atoms with Crippen molar-refractivity contribution in [3.8, 4) is 5.88 Å². The Balaban J connectivity index is 1.61. The Hall–Kier alpha value is -2.21. The molecule has 2 aliphatic carbocycles. The van der Waals surface area contributed by atoms with Crippen LogP contribution in [0.2, 0.25) is 0 Å². The van der Waals surface area contributed by atoms with E-state index >= 15 is 0 Å². The van der Waals surface area contributed by atoms with Crippen LogP contribution >= 0.6 is 0 Å². The Morgan fingerprint density at radius 2 is 2.00 bits per heavy atom. The van der Waals surface area contributed by atoms with Gasteiger partial charge < -0.3 is 15.2 Å². The molecule has 26 heavy (non-hydrogen) atoms. The molecule has 0 amide bonds. The van der Waals surface area contributed by atoms with E-state index in [9.17, 15) is 5.11 Å². The van der Waals surface area contributed by atoms with E-state index in [1.54, 1.807) is 7.11 Å². The highest BCUT2D eigenvalue weighted by atomic mass is 16.5. The van der Waals surface area contributed by atoms with Crippen molar-refractivity contribution < 1.29 is 9.84 Å². The fourth-order valence-electron chi connectivity index (χ4n) is 4.06. The number of aryl methyl sites for hydroxylation is 2. The number of fused-ring (bicyclic) bond motifs is 1. The SMILES string of the molecule is COc1ccc([C@H](Nc2nc(C)c3c(n2)CCCC3)C2CC(O)C2)cn1. The highest BCUT2D eigenvalue weighted by molar-refractivity contribution is 5.39. The number of rotatable bonds is 5. The number of anilines is 1. The van der Waals surface area contributed by atoms with Gasteiger partial charge in [-0.2, -0.15) is 0 Å². The number of hydrogen-bond acceptors (Lipinski definition) is 6. The van der Waals surface area contributed by atoms with Crippen molar-refractivity contribution in [3.05, 3.63) is 40.8 Å². The van der Waals surface area contributed by atoms with Crippen molar-refractivity contribution in [2.75, 3.05) is 12.4 Å². The van der Waals surface area contributed by atoms with Crippen LogP contribution in [0.25, 0.3) is 0 Å². The zero-order valence-electron chi connectivity index (χ0n) is 15.4. The molecule has 0 unspecified atom stereocenters. The molecule has 2 aromatic heterocycles. The number of aliphatic hydroxyl groups excluding tert-OH is 1. The van der Waals surface area contributed by atoms with Gasteiger partial charge >= 0.3 is 0 Å². The molecule has 1 saturated carbocycles. The molecule has 4 rings (SSSR count). The lowest BCUT2D eigenvalue weighted by atomic mass is 9.75. The van der Waals surface area contributed by atoms with Crippen LogP contribution in [0.15, 0.2) is 18.3 Å². The molecule has 0 aromatic carbocycles. The summed E-state index contributed by atoms with van der Waals surface area (Å²) in [6, 6.07) is 3.94. The summed E-state index contributed by atoms with van der Waals surface area (Å²) in [6.45, 7) is 2.08. The van der Waals surface area contributed by atoms with E-state index in [2.05, 4.69) is 17.2 Å². The first-order chi connectivity index (χ1) is 12.6. The fourth-order valence-corrected chi connectivity index (χ4v) is 4.06. The minimum Gasteiger partial charge on any atom is -0.481 e. The zero-order chi connectivity index (χ0) is 18.1. The number of hydrogen-bond donors (Lipinski definition) is 2. The summed E-state index contributed by atoms with van der Waals surface area (Å²) < 4.78 is 5.17. The molecule has 1 fully saturated rings. The Morgan fingerprint density at radius 3 is 2.69 bits per heavy atom. The van der Waals surface area contributed by atoms with Crippen LogP contribution in [0.5, 0.6) is 5.88 Å². The molecule has 0 bridgehead atoms. The smallest absolute Gasteiger partial charge is 0.223 e. The van der Waals surface area contributed by atoms with Crippen LogP contribution in [0.1, 0.15) is 54.2 Å². The van der Waals surface area contributed by atoms with E-state index in [1.165, 1.54) is 24.1 Å². The topological polar surface area (TPSA) is 80.2 Å². The molecule has 2 aromatic rings. The monoisotopic (exact) mass is 354 g/mol. The third-order valence-electron chi connectivity index (χ3n) is 5.62. The predicted molar refractivity (Wildman–Crippen MR) is 99.3 cm³/mol. The maximum atomic E-state index is 9.77.